The Labute approximate surface area is 198 Å². The highest BCUT2D eigenvalue weighted by molar-refractivity contribution is 7.98. The Kier molecular flexibility index (Phi) is 7.01. The molecule has 0 spiro atoms. The number of thioether (sulfide) groups is 1. The molecule has 34 heavy (non-hydrogen) atoms. The molecule has 2 fully saturated rings. The Morgan fingerprint density at radius 2 is 1.76 bits per heavy atom. The topological polar surface area (TPSA) is 79.0 Å². The average Bonchev–Trinajstić information content (AvgIpc) is 2.81. The van der Waals surface area contributed by atoms with Crippen molar-refractivity contribution in [3.05, 3.63) is 65.7 Å². The van der Waals surface area contributed by atoms with E-state index in [0.717, 1.165) is 23.4 Å². The monoisotopic (exact) mass is 493 g/mol. The third-order valence-electron chi connectivity index (χ3n) is 5.60. The molecule has 2 atom stereocenters. The van der Waals surface area contributed by atoms with Gasteiger partial charge in [-0.25, -0.2) is 0 Å². The van der Waals surface area contributed by atoms with Crippen molar-refractivity contribution in [3.8, 4) is 5.75 Å². The lowest BCUT2D eigenvalue weighted by Gasteiger charge is -2.45. The molecule has 2 aliphatic rings. The third kappa shape index (κ3) is 5.64. The lowest BCUT2D eigenvalue weighted by atomic mass is 10.0. The molecule has 0 aliphatic carbocycles. The first kappa shape index (κ1) is 23.9. The second-order valence-corrected chi connectivity index (χ2v) is 8.96. The number of rotatable bonds is 6. The van der Waals surface area contributed by atoms with E-state index in [9.17, 15) is 27.6 Å². The largest absolute Gasteiger partial charge is 0.573 e. The van der Waals surface area contributed by atoms with Gasteiger partial charge >= 0.3 is 6.36 Å². The quantitative estimate of drug-likeness (QED) is 0.670. The Balaban J connectivity index is 1.33. The molecule has 180 valence electrons. The summed E-state index contributed by atoms with van der Waals surface area (Å²) in [5, 5.41) is 2.77. The maximum Gasteiger partial charge on any atom is 0.573 e. The summed E-state index contributed by atoms with van der Waals surface area (Å²) in [7, 11) is 0. The van der Waals surface area contributed by atoms with Gasteiger partial charge in [-0.05, 0) is 29.8 Å². The van der Waals surface area contributed by atoms with E-state index in [1.165, 1.54) is 21.9 Å². The fraction of sp³-hybridized carbons (Fsp3) is 0.348. The van der Waals surface area contributed by atoms with Crippen molar-refractivity contribution in [2.75, 3.05) is 25.4 Å². The molecule has 0 aromatic heterocycles. The molecule has 2 aromatic carbocycles. The molecule has 2 saturated heterocycles. The van der Waals surface area contributed by atoms with E-state index in [4.69, 9.17) is 0 Å². The van der Waals surface area contributed by atoms with E-state index < -0.39 is 30.1 Å². The van der Waals surface area contributed by atoms with Crippen LogP contribution in [0.2, 0.25) is 0 Å². The fourth-order valence-corrected chi connectivity index (χ4v) is 4.96. The number of benzene rings is 2. The number of amides is 3. The van der Waals surface area contributed by atoms with Gasteiger partial charge in [0, 0.05) is 30.2 Å². The molecule has 0 radical (unpaired) electrons. The molecule has 0 unspecified atom stereocenters. The first-order chi connectivity index (χ1) is 16.2. The van der Waals surface area contributed by atoms with Crippen molar-refractivity contribution in [2.24, 2.45) is 0 Å². The van der Waals surface area contributed by atoms with Crippen molar-refractivity contribution in [1.29, 1.82) is 0 Å². The Hall–Kier alpha value is -3.21. The van der Waals surface area contributed by atoms with Gasteiger partial charge in [-0.1, -0.05) is 30.3 Å². The SMILES string of the molecule is O=C1N[C@@H](CSCc2ccccc2)C(=O)N2CCN(C(=O)c3ccc(OC(F)(F)F)cc3)C[C@H]12. The fourth-order valence-electron chi connectivity index (χ4n) is 3.95. The Morgan fingerprint density at radius 1 is 1.06 bits per heavy atom. The first-order valence-electron chi connectivity index (χ1n) is 10.6. The van der Waals surface area contributed by atoms with Crippen LogP contribution in [0.1, 0.15) is 15.9 Å². The van der Waals surface area contributed by atoms with E-state index in [2.05, 4.69) is 10.1 Å². The summed E-state index contributed by atoms with van der Waals surface area (Å²) in [4.78, 5) is 41.4. The number of carbonyl (C=O) groups is 3. The minimum absolute atomic E-state index is 0.0150. The van der Waals surface area contributed by atoms with Crippen LogP contribution >= 0.6 is 11.8 Å². The van der Waals surface area contributed by atoms with Crippen LogP contribution in [0.5, 0.6) is 5.75 Å². The van der Waals surface area contributed by atoms with Crippen LogP contribution in [-0.2, 0) is 15.3 Å². The summed E-state index contributed by atoms with van der Waals surface area (Å²) < 4.78 is 40.8. The predicted molar refractivity (Wildman–Crippen MR) is 119 cm³/mol. The van der Waals surface area contributed by atoms with Gasteiger partial charge in [0.15, 0.2) is 0 Å². The number of nitrogens with one attached hydrogen (secondary N) is 1. The zero-order chi connectivity index (χ0) is 24.3. The summed E-state index contributed by atoms with van der Waals surface area (Å²) in [5.74, 6) is -0.194. The second-order valence-electron chi connectivity index (χ2n) is 7.93. The minimum Gasteiger partial charge on any atom is -0.406 e. The van der Waals surface area contributed by atoms with E-state index >= 15 is 0 Å². The highest BCUT2D eigenvalue weighted by Gasteiger charge is 2.44. The second kappa shape index (κ2) is 9.96. The minimum atomic E-state index is -4.82. The van der Waals surface area contributed by atoms with Gasteiger partial charge in [0.05, 0.1) is 6.54 Å². The van der Waals surface area contributed by atoms with E-state index in [1.807, 2.05) is 30.3 Å². The lowest BCUT2D eigenvalue weighted by molar-refractivity contribution is -0.274. The normalized spacial score (nSPS) is 20.6. The molecule has 0 bridgehead atoms. The number of fused-ring (bicyclic) bond motifs is 1. The van der Waals surface area contributed by atoms with Gasteiger partial charge < -0.3 is 19.9 Å². The zero-order valence-corrected chi connectivity index (χ0v) is 18.8. The molecule has 2 aromatic rings. The molecule has 7 nitrogen and oxygen atoms in total. The summed E-state index contributed by atoms with van der Waals surface area (Å²) in [6.07, 6.45) is -4.82. The summed E-state index contributed by atoms with van der Waals surface area (Å²) in [6.45, 7) is 0.442. The molecule has 2 heterocycles. The number of piperazine rings is 2. The van der Waals surface area contributed by atoms with Gasteiger partial charge in [-0.15, -0.1) is 13.2 Å². The average molecular weight is 494 g/mol. The van der Waals surface area contributed by atoms with Gasteiger partial charge in [-0.2, -0.15) is 11.8 Å². The molecule has 0 saturated carbocycles. The van der Waals surface area contributed by atoms with Crippen LogP contribution in [0.15, 0.2) is 54.6 Å². The van der Waals surface area contributed by atoms with Gasteiger partial charge in [0.25, 0.3) is 5.91 Å². The van der Waals surface area contributed by atoms with Crippen LogP contribution in [-0.4, -0.2) is 71.4 Å². The number of alkyl halides is 3. The van der Waals surface area contributed by atoms with Gasteiger partial charge in [-0.3, -0.25) is 14.4 Å². The van der Waals surface area contributed by atoms with E-state index in [1.54, 1.807) is 11.8 Å². The first-order valence-corrected chi connectivity index (χ1v) is 11.7. The van der Waals surface area contributed by atoms with Crippen molar-refractivity contribution < 1.29 is 32.3 Å². The van der Waals surface area contributed by atoms with Crippen LogP contribution in [0, 0.1) is 0 Å². The van der Waals surface area contributed by atoms with Crippen molar-refractivity contribution in [1.82, 2.24) is 15.1 Å². The number of hydrogen-bond donors (Lipinski definition) is 1. The van der Waals surface area contributed by atoms with Crippen LogP contribution in [0.25, 0.3) is 0 Å². The molecule has 3 amide bonds. The number of hydrogen-bond acceptors (Lipinski definition) is 5. The Bertz CT molecular complexity index is 1050. The predicted octanol–water partition coefficient (Wildman–Crippen LogP) is 2.67. The van der Waals surface area contributed by atoms with E-state index in [-0.39, 0.29) is 37.0 Å². The number of carbonyl (C=O) groups excluding carboxylic acids is 3. The molecule has 11 heteroatoms. The van der Waals surface area contributed by atoms with Crippen LogP contribution < -0.4 is 10.1 Å². The molecular formula is C23H22F3N3O4S. The zero-order valence-electron chi connectivity index (χ0n) is 18.0. The maximum absolute atomic E-state index is 12.9. The smallest absolute Gasteiger partial charge is 0.406 e. The standard InChI is InChI=1S/C23H22F3N3O4S/c24-23(25,26)33-17-8-6-16(7-9-17)21(31)28-10-11-29-19(12-28)20(30)27-18(22(29)32)14-34-13-15-4-2-1-3-5-15/h1-9,18-19H,10-14H2,(H,27,30)/t18-,19+/m0/s1. The van der Waals surface area contributed by atoms with E-state index in [0.29, 0.717) is 5.75 Å². The lowest BCUT2D eigenvalue weighted by Crippen LogP contribution is -2.70. The summed E-state index contributed by atoms with van der Waals surface area (Å²) in [5.41, 5.74) is 1.30. The maximum atomic E-state index is 12.9. The van der Waals surface area contributed by atoms with Crippen molar-refractivity contribution >= 4 is 29.5 Å². The van der Waals surface area contributed by atoms with Gasteiger partial charge in [0.1, 0.15) is 17.8 Å². The van der Waals surface area contributed by atoms with Crippen LogP contribution in [0.3, 0.4) is 0 Å². The van der Waals surface area contributed by atoms with Crippen molar-refractivity contribution in [3.63, 3.8) is 0 Å². The Morgan fingerprint density at radius 3 is 2.44 bits per heavy atom. The number of halogens is 3. The molecule has 1 N–H and O–H groups in total. The molecular weight excluding hydrogens is 471 g/mol. The van der Waals surface area contributed by atoms with Crippen LogP contribution in [0.4, 0.5) is 13.2 Å². The highest BCUT2D eigenvalue weighted by Crippen LogP contribution is 2.24. The highest BCUT2D eigenvalue weighted by atomic mass is 32.2. The number of ether oxygens (including phenoxy) is 1. The molecule has 4 rings (SSSR count). The molecule has 2 aliphatic heterocycles. The summed E-state index contributed by atoms with van der Waals surface area (Å²) in [6, 6.07) is 13.0. The van der Waals surface area contributed by atoms with Crippen molar-refractivity contribution in [2.45, 2.75) is 24.2 Å². The summed E-state index contributed by atoms with van der Waals surface area (Å²) >= 11 is 1.56. The number of nitrogens with zero attached hydrogens (tertiary/aromatic N) is 2. The van der Waals surface area contributed by atoms with Gasteiger partial charge in [0.2, 0.25) is 11.8 Å². The third-order valence-corrected chi connectivity index (χ3v) is 6.71.